The summed E-state index contributed by atoms with van der Waals surface area (Å²) in [7, 11) is 9.71. The summed E-state index contributed by atoms with van der Waals surface area (Å²) in [6.45, 7) is 26.5. The van der Waals surface area contributed by atoms with Crippen LogP contribution in [0.15, 0.2) is 12.2 Å². The van der Waals surface area contributed by atoms with Crippen LogP contribution in [0.4, 0.5) is 0 Å². The third kappa shape index (κ3) is 23.8. The highest BCUT2D eigenvalue weighted by Gasteiger charge is 2.46. The maximum absolute atomic E-state index is 15.2. The molecule has 0 spiro atoms. The van der Waals surface area contributed by atoms with Gasteiger partial charge < -0.3 is 70.5 Å². The fourth-order valence-corrected chi connectivity index (χ4v) is 10.9. The Labute approximate surface area is 535 Å². The number of ether oxygens (including phenoxy) is 1. The fraction of sp³-hybridized carbons (Fsp3) is 0.781. The number of carboxylic acids is 1. The standard InChI is InChI=1S/C64H113N11O15/c1-24-44-60(85)69(17)33-49(76)70(18)45(29-35(2)3)57(82)68-51(39(10)11)63(88)71(19)46(30-36(4)5)56(81)65-42(15)55(80)66-43(16)59(84)72(20)47(31-37(6)7)61(86)73(21)48(32-38(8)9)62(87)74(22)52(40(12)13)64(89)75(23)53(58(83)67-44)54(79)41(14)27-25-26-28-90-34-50(77)78/h25-26,35-48,51-54,79H,24,27-34H2,1-23H3,(H,65,81)(H,66,80)(H,67,83)(H,68,82)(H,77,78)/t41-,42+,43+,44+,45+,46+,47+,48+,51+,52?,53?,54-/m1/s1. The van der Waals surface area contributed by atoms with E-state index in [1.165, 1.54) is 93.8 Å². The number of hydrogen-bond donors (Lipinski definition) is 6. The highest BCUT2D eigenvalue weighted by Crippen LogP contribution is 2.26. The van der Waals surface area contributed by atoms with Crippen LogP contribution >= 0.6 is 0 Å². The number of likely N-dealkylation sites (N-methyl/N-ethyl adjacent to an activating group) is 7. The summed E-state index contributed by atoms with van der Waals surface area (Å²) < 4.78 is 5.10. The summed E-state index contributed by atoms with van der Waals surface area (Å²) >= 11 is 0. The van der Waals surface area contributed by atoms with Crippen molar-refractivity contribution in [1.82, 2.24) is 55.6 Å². The van der Waals surface area contributed by atoms with Gasteiger partial charge in [0.15, 0.2) is 0 Å². The van der Waals surface area contributed by atoms with Crippen molar-refractivity contribution in [3.63, 3.8) is 0 Å². The average Bonchev–Trinajstić information content (AvgIpc) is 0.975. The maximum Gasteiger partial charge on any atom is 0.329 e. The van der Waals surface area contributed by atoms with E-state index in [2.05, 4.69) is 21.3 Å². The smallest absolute Gasteiger partial charge is 0.329 e. The lowest BCUT2D eigenvalue weighted by molar-refractivity contribution is -0.157. The molecule has 0 bridgehead atoms. The van der Waals surface area contributed by atoms with Gasteiger partial charge in [0.2, 0.25) is 65.0 Å². The Balaban J connectivity index is 4.35. The van der Waals surface area contributed by atoms with Gasteiger partial charge >= 0.3 is 5.97 Å². The summed E-state index contributed by atoms with van der Waals surface area (Å²) in [6, 6.07) is -12.8. The molecule has 0 aromatic carbocycles. The van der Waals surface area contributed by atoms with Gasteiger partial charge in [0.05, 0.1) is 19.3 Å². The number of nitrogens with one attached hydrogen (secondary N) is 4. The molecule has 0 radical (unpaired) electrons. The molecule has 0 aliphatic carbocycles. The molecule has 90 heavy (non-hydrogen) atoms. The first kappa shape index (κ1) is 81.3. The molecule has 514 valence electrons. The van der Waals surface area contributed by atoms with Crippen LogP contribution in [0.3, 0.4) is 0 Å². The van der Waals surface area contributed by atoms with Crippen molar-refractivity contribution in [1.29, 1.82) is 0 Å². The first-order chi connectivity index (χ1) is 41.6. The Morgan fingerprint density at radius 2 is 0.933 bits per heavy atom. The average molecular weight is 1280 g/mol. The Kier molecular flexibility index (Phi) is 34.0. The molecule has 12 atom stereocenters. The number of amides is 11. The number of hydrogen-bond acceptors (Lipinski definition) is 14. The molecule has 1 aliphatic rings. The van der Waals surface area contributed by atoms with E-state index in [-0.39, 0.29) is 68.8 Å². The number of aliphatic hydroxyl groups is 1. The normalized spacial score (nSPS) is 26.0. The quantitative estimate of drug-likeness (QED) is 0.0799. The Hall–Kier alpha value is -6.70. The first-order valence-electron chi connectivity index (χ1n) is 31.8. The minimum absolute atomic E-state index is 0.0322. The second-order valence-corrected chi connectivity index (χ2v) is 26.9. The number of aliphatic carboxylic acids is 1. The summed E-state index contributed by atoms with van der Waals surface area (Å²) in [4.78, 5) is 180. The minimum Gasteiger partial charge on any atom is -0.480 e. The van der Waals surface area contributed by atoms with Crippen LogP contribution in [-0.2, 0) is 62.3 Å². The SMILES string of the molecule is CC[C@@H]1NC(=O)C([C@H](O)[C@H](C)CC=CCOCC(=O)O)N(C)C(=O)C(C(C)C)N(C)C(=O)[C@H](CC(C)C)N(C)C(=O)[C@H](CC(C)C)N(C)C(=O)[C@H](C)NC(=O)[C@H](C)NC(=O)[C@H](CC(C)C)N(C)C(=O)[C@H](C(C)C)NC(=O)[C@H](CC(C)C)N(C)C(=O)CN(C)C1=O. The van der Waals surface area contributed by atoms with Crippen LogP contribution < -0.4 is 21.3 Å². The summed E-state index contributed by atoms with van der Waals surface area (Å²) in [5, 5.41) is 32.1. The Morgan fingerprint density at radius 3 is 1.40 bits per heavy atom. The molecule has 6 N–H and O–H groups in total. The zero-order chi connectivity index (χ0) is 69.7. The highest BCUT2D eigenvalue weighted by molar-refractivity contribution is 5.99. The third-order valence-corrected chi connectivity index (χ3v) is 16.4. The Bertz CT molecular complexity index is 2490. The summed E-state index contributed by atoms with van der Waals surface area (Å²) in [5.74, 6) is -11.7. The molecular weight excluding hydrogens is 1160 g/mol. The predicted octanol–water partition coefficient (Wildman–Crippen LogP) is 2.35. The lowest BCUT2D eigenvalue weighted by Gasteiger charge is -2.41. The van der Waals surface area contributed by atoms with Crippen molar-refractivity contribution >= 4 is 70.9 Å². The zero-order valence-electron chi connectivity index (χ0n) is 58.2. The van der Waals surface area contributed by atoms with E-state index < -0.39 is 168 Å². The number of aliphatic hydroxyl groups excluding tert-OH is 1. The van der Waals surface area contributed by atoms with Crippen LogP contribution in [0.25, 0.3) is 0 Å². The van der Waals surface area contributed by atoms with E-state index in [1.807, 2.05) is 55.4 Å². The molecule has 26 heteroatoms. The van der Waals surface area contributed by atoms with Crippen molar-refractivity contribution in [3.05, 3.63) is 12.2 Å². The topological polar surface area (TPSA) is 325 Å². The second kappa shape index (κ2) is 37.6. The van der Waals surface area contributed by atoms with Crippen LogP contribution in [0, 0.1) is 41.4 Å². The van der Waals surface area contributed by atoms with Gasteiger partial charge in [-0.15, -0.1) is 0 Å². The zero-order valence-corrected chi connectivity index (χ0v) is 58.2. The molecule has 26 nitrogen and oxygen atoms in total. The second-order valence-electron chi connectivity index (χ2n) is 26.9. The highest BCUT2D eigenvalue weighted by atomic mass is 16.5. The van der Waals surface area contributed by atoms with Crippen molar-refractivity contribution in [2.24, 2.45) is 41.4 Å². The largest absolute Gasteiger partial charge is 0.480 e. The molecule has 1 aliphatic heterocycles. The molecular formula is C64H113N11O15. The number of carbonyl (C=O) groups is 12. The molecule has 0 aromatic rings. The monoisotopic (exact) mass is 1280 g/mol. The van der Waals surface area contributed by atoms with Gasteiger partial charge in [-0.2, -0.15) is 0 Å². The summed E-state index contributed by atoms with van der Waals surface area (Å²) in [5.41, 5.74) is 0. The van der Waals surface area contributed by atoms with Gasteiger partial charge in [-0.05, 0) is 93.8 Å². The number of allylic oxidation sites excluding steroid dienone is 1. The van der Waals surface area contributed by atoms with Crippen molar-refractivity contribution < 1.29 is 72.5 Å². The van der Waals surface area contributed by atoms with Gasteiger partial charge in [-0.3, -0.25) is 52.7 Å². The van der Waals surface area contributed by atoms with E-state index in [0.717, 1.165) is 9.80 Å². The van der Waals surface area contributed by atoms with E-state index in [9.17, 15) is 48.3 Å². The fourth-order valence-electron chi connectivity index (χ4n) is 10.9. The van der Waals surface area contributed by atoms with Crippen molar-refractivity contribution in [3.8, 4) is 0 Å². The van der Waals surface area contributed by atoms with Gasteiger partial charge in [0.25, 0.3) is 0 Å². The van der Waals surface area contributed by atoms with Crippen LogP contribution in [0.5, 0.6) is 0 Å². The van der Waals surface area contributed by atoms with E-state index in [0.29, 0.717) is 0 Å². The molecule has 1 heterocycles. The Morgan fingerprint density at radius 1 is 0.500 bits per heavy atom. The van der Waals surface area contributed by atoms with E-state index in [1.54, 1.807) is 47.6 Å². The predicted molar refractivity (Wildman–Crippen MR) is 341 cm³/mol. The van der Waals surface area contributed by atoms with E-state index >= 15 is 14.4 Å². The number of rotatable bonds is 19. The van der Waals surface area contributed by atoms with Crippen LogP contribution in [0.1, 0.15) is 149 Å². The molecule has 11 amide bonds. The van der Waals surface area contributed by atoms with Gasteiger partial charge in [0, 0.05) is 49.3 Å². The molecule has 0 aromatic heterocycles. The van der Waals surface area contributed by atoms with Gasteiger partial charge in [0.1, 0.15) is 67.0 Å². The molecule has 1 fully saturated rings. The van der Waals surface area contributed by atoms with Crippen molar-refractivity contribution in [2.75, 3.05) is 69.1 Å². The summed E-state index contributed by atoms with van der Waals surface area (Å²) in [6.07, 6.45) is 2.09. The lowest BCUT2D eigenvalue weighted by atomic mass is 9.91. The van der Waals surface area contributed by atoms with Crippen molar-refractivity contribution in [2.45, 2.75) is 216 Å². The minimum atomic E-state index is -1.72. The third-order valence-electron chi connectivity index (χ3n) is 16.4. The number of nitrogens with zero attached hydrogens (tertiary/aromatic N) is 7. The van der Waals surface area contributed by atoms with Gasteiger partial charge in [-0.1, -0.05) is 109 Å². The molecule has 2 unspecified atom stereocenters. The first-order valence-corrected chi connectivity index (χ1v) is 31.8. The molecule has 1 rings (SSSR count). The maximum atomic E-state index is 15.2. The van der Waals surface area contributed by atoms with E-state index in [4.69, 9.17) is 9.84 Å². The molecule has 0 saturated carbocycles. The molecule has 1 saturated heterocycles. The van der Waals surface area contributed by atoms with Crippen LogP contribution in [-0.4, -0.2) is 251 Å². The number of carboxylic acid groups (broad SMARTS) is 1. The number of carbonyl (C=O) groups excluding carboxylic acids is 11. The van der Waals surface area contributed by atoms with Gasteiger partial charge in [-0.25, -0.2) is 4.79 Å². The lowest BCUT2D eigenvalue weighted by Crippen LogP contribution is -2.63. The van der Waals surface area contributed by atoms with Crippen LogP contribution in [0.2, 0.25) is 0 Å².